The van der Waals surface area contributed by atoms with Crippen molar-refractivity contribution in [3.05, 3.63) is 54.0 Å². The van der Waals surface area contributed by atoms with Gasteiger partial charge in [0.05, 0.1) is 18.8 Å². The van der Waals surface area contributed by atoms with E-state index in [1.54, 1.807) is 0 Å². The zero-order chi connectivity index (χ0) is 20.5. The van der Waals surface area contributed by atoms with Crippen LogP contribution in [0.3, 0.4) is 0 Å². The molecule has 0 atom stereocenters. The lowest BCUT2D eigenvalue weighted by molar-refractivity contribution is 0.0746. The molecule has 30 heavy (non-hydrogen) atoms. The lowest BCUT2D eigenvalue weighted by Gasteiger charge is -2.36. The zero-order valence-corrected chi connectivity index (χ0v) is 17.2. The number of pyridine rings is 1. The average molecular weight is 406 g/mol. The third-order valence-corrected chi connectivity index (χ3v) is 5.77. The van der Waals surface area contributed by atoms with Gasteiger partial charge in [0.2, 0.25) is 5.95 Å². The molecule has 0 saturated carbocycles. The molecule has 2 saturated heterocycles. The second-order valence-electron chi connectivity index (χ2n) is 7.81. The number of nitrogens with zero attached hydrogens (tertiary/aromatic N) is 6. The van der Waals surface area contributed by atoms with Gasteiger partial charge in [0.1, 0.15) is 5.82 Å². The molecule has 8 nitrogen and oxygen atoms in total. The van der Waals surface area contributed by atoms with Crippen molar-refractivity contribution < 1.29 is 9.53 Å². The number of carbonyl (C=O) groups is 1. The minimum Gasteiger partial charge on any atom is -0.378 e. The summed E-state index contributed by atoms with van der Waals surface area (Å²) in [5.41, 5.74) is 2.73. The average Bonchev–Trinajstić information content (AvgIpc) is 3.23. The van der Waals surface area contributed by atoms with Crippen LogP contribution in [-0.4, -0.2) is 77.7 Å². The van der Waals surface area contributed by atoms with E-state index in [0.29, 0.717) is 26.3 Å². The van der Waals surface area contributed by atoms with Gasteiger partial charge in [0.25, 0.3) is 5.91 Å². The van der Waals surface area contributed by atoms with Gasteiger partial charge in [0, 0.05) is 68.9 Å². The minimum atomic E-state index is 0.0891. The number of ether oxygens (including phenoxy) is 1. The van der Waals surface area contributed by atoms with Crippen molar-refractivity contribution in [2.24, 2.45) is 0 Å². The van der Waals surface area contributed by atoms with Gasteiger partial charge in [-0.2, -0.15) is 4.98 Å². The van der Waals surface area contributed by atoms with E-state index < -0.39 is 0 Å². The molecule has 0 N–H and O–H groups in total. The highest BCUT2D eigenvalue weighted by atomic mass is 16.5. The Morgan fingerprint density at radius 2 is 1.77 bits per heavy atom. The number of amides is 1. The summed E-state index contributed by atoms with van der Waals surface area (Å²) in [6.45, 7) is 7.95. The van der Waals surface area contributed by atoms with Crippen LogP contribution in [0, 0.1) is 6.92 Å². The first kappa shape index (κ1) is 18.9. The second-order valence-corrected chi connectivity index (χ2v) is 7.81. The van der Waals surface area contributed by atoms with Crippen LogP contribution in [0.4, 0.5) is 11.8 Å². The van der Waals surface area contributed by atoms with Crippen molar-refractivity contribution in [2.75, 3.05) is 62.3 Å². The van der Waals surface area contributed by atoms with E-state index in [1.165, 1.54) is 0 Å². The summed E-state index contributed by atoms with van der Waals surface area (Å²) in [6.07, 6.45) is 3.87. The minimum absolute atomic E-state index is 0.0891. The Hall–Kier alpha value is -3.13. The number of fused-ring (bicyclic) bond motifs is 1. The molecule has 156 valence electrons. The Morgan fingerprint density at radius 1 is 0.967 bits per heavy atom. The zero-order valence-electron chi connectivity index (χ0n) is 17.2. The van der Waals surface area contributed by atoms with Crippen molar-refractivity contribution in [2.45, 2.75) is 6.92 Å². The predicted molar refractivity (Wildman–Crippen MR) is 115 cm³/mol. The van der Waals surface area contributed by atoms with Crippen molar-refractivity contribution in [1.29, 1.82) is 0 Å². The highest BCUT2D eigenvalue weighted by Crippen LogP contribution is 2.21. The molecule has 0 unspecified atom stereocenters. The molecule has 2 aliphatic rings. The Morgan fingerprint density at radius 3 is 2.53 bits per heavy atom. The van der Waals surface area contributed by atoms with Crippen molar-refractivity contribution >= 4 is 23.2 Å². The van der Waals surface area contributed by atoms with Gasteiger partial charge in [0.15, 0.2) is 0 Å². The molecule has 3 aromatic rings. The van der Waals surface area contributed by atoms with Crippen LogP contribution >= 0.6 is 0 Å². The summed E-state index contributed by atoms with van der Waals surface area (Å²) in [7, 11) is 0. The predicted octanol–water partition coefficient (Wildman–Crippen LogP) is 1.84. The molecule has 0 aromatic carbocycles. The third kappa shape index (κ3) is 3.70. The molecule has 5 heterocycles. The fraction of sp³-hybridized carbons (Fsp3) is 0.409. The summed E-state index contributed by atoms with van der Waals surface area (Å²) >= 11 is 0. The highest BCUT2D eigenvalue weighted by Gasteiger charge is 2.25. The Bertz CT molecular complexity index is 1020. The maximum atomic E-state index is 13.0. The molecule has 8 heteroatoms. The summed E-state index contributed by atoms with van der Waals surface area (Å²) in [5.74, 6) is 1.80. The van der Waals surface area contributed by atoms with Crippen molar-refractivity contribution in [1.82, 2.24) is 19.3 Å². The maximum absolute atomic E-state index is 13.0. The second kappa shape index (κ2) is 7.95. The van der Waals surface area contributed by atoms with E-state index in [2.05, 4.69) is 14.8 Å². The van der Waals surface area contributed by atoms with Gasteiger partial charge in [-0.25, -0.2) is 4.98 Å². The number of piperazine rings is 1. The molecule has 0 radical (unpaired) electrons. The molecular weight excluding hydrogens is 380 g/mol. The number of hydrogen-bond acceptors (Lipinski definition) is 6. The first-order valence-corrected chi connectivity index (χ1v) is 10.5. The van der Waals surface area contributed by atoms with E-state index in [-0.39, 0.29) is 5.91 Å². The summed E-state index contributed by atoms with van der Waals surface area (Å²) in [4.78, 5) is 28.8. The van der Waals surface area contributed by atoms with Gasteiger partial charge in [-0.3, -0.25) is 4.79 Å². The first-order valence-electron chi connectivity index (χ1n) is 10.5. The van der Waals surface area contributed by atoms with Gasteiger partial charge in [-0.15, -0.1) is 0 Å². The summed E-state index contributed by atoms with van der Waals surface area (Å²) in [5, 5.41) is 0. The number of aryl methyl sites for hydroxylation is 1. The van der Waals surface area contributed by atoms with Crippen LogP contribution in [0.2, 0.25) is 0 Å². The quantitative estimate of drug-likeness (QED) is 0.661. The van der Waals surface area contributed by atoms with Crippen LogP contribution in [0.1, 0.15) is 16.1 Å². The fourth-order valence-corrected chi connectivity index (χ4v) is 4.10. The number of carbonyl (C=O) groups excluding carboxylic acids is 1. The maximum Gasteiger partial charge on any atom is 0.255 e. The van der Waals surface area contributed by atoms with Crippen molar-refractivity contribution in [3.8, 4) is 0 Å². The smallest absolute Gasteiger partial charge is 0.255 e. The SMILES string of the molecule is Cc1cc(N2CCN(C(=O)c3cc4ccccn4c3)CC2)nc(N2CCOCC2)n1. The number of anilines is 2. The number of hydrogen-bond donors (Lipinski definition) is 0. The summed E-state index contributed by atoms with van der Waals surface area (Å²) < 4.78 is 7.43. The lowest BCUT2D eigenvalue weighted by Crippen LogP contribution is -2.49. The van der Waals surface area contributed by atoms with E-state index >= 15 is 0 Å². The van der Waals surface area contributed by atoms with E-state index in [4.69, 9.17) is 9.72 Å². The largest absolute Gasteiger partial charge is 0.378 e. The molecular formula is C22H26N6O2. The van der Waals surface area contributed by atoms with Gasteiger partial charge in [-0.1, -0.05) is 6.07 Å². The van der Waals surface area contributed by atoms with E-state index in [0.717, 1.165) is 54.7 Å². The molecule has 0 spiro atoms. The standard InChI is InChI=1S/C22H26N6O2/c1-17-14-20(24-22(23-17)27-10-12-30-13-11-27)25-6-8-26(9-7-25)21(29)18-15-19-4-2-3-5-28(19)16-18/h2-5,14-16H,6-13H2,1H3. The van der Waals surface area contributed by atoms with Gasteiger partial charge < -0.3 is 23.8 Å². The normalized spacial score (nSPS) is 17.6. The number of morpholine rings is 1. The van der Waals surface area contributed by atoms with Crippen LogP contribution in [0.15, 0.2) is 42.7 Å². The monoisotopic (exact) mass is 406 g/mol. The number of aromatic nitrogens is 3. The summed E-state index contributed by atoms with van der Waals surface area (Å²) in [6, 6.07) is 9.95. The van der Waals surface area contributed by atoms with Gasteiger partial charge in [-0.05, 0) is 25.1 Å². The topological polar surface area (TPSA) is 66.2 Å². The third-order valence-electron chi connectivity index (χ3n) is 5.77. The van der Waals surface area contributed by atoms with Crippen molar-refractivity contribution in [3.63, 3.8) is 0 Å². The van der Waals surface area contributed by atoms with Crippen LogP contribution < -0.4 is 9.80 Å². The Labute approximate surface area is 175 Å². The van der Waals surface area contributed by atoms with Crippen LogP contribution in [0.5, 0.6) is 0 Å². The van der Waals surface area contributed by atoms with E-state index in [9.17, 15) is 4.79 Å². The van der Waals surface area contributed by atoms with E-state index in [1.807, 2.05) is 58.9 Å². The molecule has 1 amide bonds. The first-order chi connectivity index (χ1) is 14.7. The molecule has 3 aromatic heterocycles. The molecule has 0 bridgehead atoms. The molecule has 5 rings (SSSR count). The van der Waals surface area contributed by atoms with Gasteiger partial charge >= 0.3 is 0 Å². The van der Waals surface area contributed by atoms with Crippen LogP contribution in [0.25, 0.3) is 5.52 Å². The number of rotatable bonds is 3. The lowest BCUT2D eigenvalue weighted by atomic mass is 10.2. The molecule has 2 fully saturated rings. The highest BCUT2D eigenvalue weighted by molar-refractivity contribution is 5.95. The molecule has 2 aliphatic heterocycles. The Kier molecular flexibility index (Phi) is 5.00. The molecule has 0 aliphatic carbocycles. The fourth-order valence-electron chi connectivity index (χ4n) is 4.10. The Balaban J connectivity index is 1.27. The van der Waals surface area contributed by atoms with Crippen LogP contribution in [-0.2, 0) is 4.74 Å².